The van der Waals surface area contributed by atoms with Crippen LogP contribution in [0.25, 0.3) is 0 Å². The quantitative estimate of drug-likeness (QED) is 0.781. The van der Waals surface area contributed by atoms with Gasteiger partial charge >= 0.3 is 0 Å². The summed E-state index contributed by atoms with van der Waals surface area (Å²) in [6, 6.07) is 6.46. The van der Waals surface area contributed by atoms with E-state index < -0.39 is 0 Å². The molecule has 1 amide bonds. The van der Waals surface area contributed by atoms with E-state index in [9.17, 15) is 4.79 Å². The lowest BCUT2D eigenvalue weighted by Crippen LogP contribution is -2.50. The summed E-state index contributed by atoms with van der Waals surface area (Å²) in [5.41, 5.74) is 0. The topological polar surface area (TPSA) is 38.8 Å². The number of thioether (sulfide) groups is 1. The predicted octanol–water partition coefficient (Wildman–Crippen LogP) is 3.73. The largest absolute Gasteiger partial charge is 0.486 e. The normalized spacial score (nSPS) is 25.9. The van der Waals surface area contributed by atoms with Crippen molar-refractivity contribution in [1.29, 1.82) is 0 Å². The van der Waals surface area contributed by atoms with Gasteiger partial charge in [-0.05, 0) is 49.8 Å². The van der Waals surface area contributed by atoms with E-state index in [1.165, 1.54) is 38.5 Å². The maximum absolute atomic E-state index is 12.8. The summed E-state index contributed by atoms with van der Waals surface area (Å²) in [6.45, 7) is 2.15. The molecule has 1 aromatic rings. The molecule has 130 valence electrons. The van der Waals surface area contributed by atoms with Crippen molar-refractivity contribution in [2.45, 2.75) is 49.5 Å². The van der Waals surface area contributed by atoms with Crippen molar-refractivity contribution in [3.8, 4) is 11.5 Å². The number of hydrogen-bond acceptors (Lipinski definition) is 4. The number of carbonyl (C=O) groups is 1. The van der Waals surface area contributed by atoms with Gasteiger partial charge in [-0.25, -0.2) is 0 Å². The highest BCUT2D eigenvalue weighted by Crippen LogP contribution is 2.37. The lowest BCUT2D eigenvalue weighted by Gasteiger charge is -2.44. The van der Waals surface area contributed by atoms with Gasteiger partial charge in [0.25, 0.3) is 0 Å². The second kappa shape index (κ2) is 7.26. The Labute approximate surface area is 147 Å². The third kappa shape index (κ3) is 3.37. The first-order valence-electron chi connectivity index (χ1n) is 9.13. The average Bonchev–Trinajstić information content (AvgIpc) is 2.65. The molecule has 24 heavy (non-hydrogen) atoms. The number of fused-ring (bicyclic) bond motifs is 2. The summed E-state index contributed by atoms with van der Waals surface area (Å²) < 4.78 is 11.2. The molecule has 0 bridgehead atoms. The van der Waals surface area contributed by atoms with Gasteiger partial charge in [-0.3, -0.25) is 4.79 Å². The van der Waals surface area contributed by atoms with Gasteiger partial charge in [-0.15, -0.1) is 11.8 Å². The number of likely N-dealkylation sites (tertiary alicyclic amines) is 1. The Morgan fingerprint density at radius 3 is 2.79 bits per heavy atom. The molecule has 1 aromatic carbocycles. The third-order valence-corrected chi connectivity index (χ3v) is 6.42. The molecule has 2 aliphatic heterocycles. The summed E-state index contributed by atoms with van der Waals surface area (Å²) in [5.74, 6) is 3.16. The summed E-state index contributed by atoms with van der Waals surface area (Å²) in [5, 5.41) is 0. The van der Waals surface area contributed by atoms with Crippen molar-refractivity contribution >= 4 is 17.7 Å². The number of ether oxygens (including phenoxy) is 2. The molecule has 5 heteroatoms. The predicted molar refractivity (Wildman–Crippen MR) is 94.8 cm³/mol. The smallest absolute Gasteiger partial charge is 0.233 e. The maximum Gasteiger partial charge on any atom is 0.233 e. The molecule has 0 aromatic heterocycles. The first-order chi connectivity index (χ1) is 11.8. The van der Waals surface area contributed by atoms with Gasteiger partial charge in [-0.1, -0.05) is 12.8 Å². The van der Waals surface area contributed by atoms with Crippen molar-refractivity contribution < 1.29 is 14.3 Å². The second-order valence-corrected chi connectivity index (χ2v) is 7.98. The van der Waals surface area contributed by atoms with Crippen LogP contribution >= 0.6 is 11.8 Å². The van der Waals surface area contributed by atoms with E-state index >= 15 is 0 Å². The van der Waals surface area contributed by atoms with Gasteiger partial charge in [0.2, 0.25) is 5.91 Å². The van der Waals surface area contributed by atoms with Crippen molar-refractivity contribution in [3.63, 3.8) is 0 Å². The van der Waals surface area contributed by atoms with Crippen LogP contribution in [-0.2, 0) is 4.79 Å². The van der Waals surface area contributed by atoms with Crippen LogP contribution in [0.4, 0.5) is 0 Å². The number of amides is 1. The van der Waals surface area contributed by atoms with Crippen LogP contribution in [0.1, 0.15) is 38.5 Å². The minimum atomic E-state index is 0.298. The molecule has 1 saturated carbocycles. The molecule has 2 heterocycles. The van der Waals surface area contributed by atoms with E-state index in [1.807, 2.05) is 18.2 Å². The molecule has 1 saturated heterocycles. The fraction of sp³-hybridized carbons (Fsp3) is 0.632. The number of piperidine rings is 1. The van der Waals surface area contributed by atoms with Crippen molar-refractivity contribution in [1.82, 2.24) is 4.90 Å². The number of benzene rings is 1. The molecule has 0 unspecified atom stereocenters. The van der Waals surface area contributed by atoms with E-state index in [2.05, 4.69) is 4.90 Å². The molecule has 4 rings (SSSR count). The summed E-state index contributed by atoms with van der Waals surface area (Å²) in [6.07, 6.45) is 7.61. The molecular weight excluding hydrogens is 322 g/mol. The van der Waals surface area contributed by atoms with E-state index in [0.29, 0.717) is 30.9 Å². The minimum Gasteiger partial charge on any atom is -0.486 e. The molecule has 2 atom stereocenters. The van der Waals surface area contributed by atoms with Crippen molar-refractivity contribution in [2.24, 2.45) is 5.92 Å². The van der Waals surface area contributed by atoms with Gasteiger partial charge in [-0.2, -0.15) is 0 Å². The van der Waals surface area contributed by atoms with Gasteiger partial charge in [0.1, 0.15) is 13.2 Å². The van der Waals surface area contributed by atoms with E-state index in [1.54, 1.807) is 11.8 Å². The standard InChI is InChI=1S/C19H25NO3S/c21-19(20-9-3-5-14-4-1-2-6-16(14)20)13-24-15-7-8-17-18(12-15)23-11-10-22-17/h7-8,12,14,16H,1-6,9-11,13H2/t14-,16-/m1/s1. The van der Waals surface area contributed by atoms with E-state index in [0.717, 1.165) is 28.9 Å². The van der Waals surface area contributed by atoms with Gasteiger partial charge < -0.3 is 14.4 Å². The van der Waals surface area contributed by atoms with Crippen LogP contribution in [-0.4, -0.2) is 42.4 Å². The Kier molecular flexibility index (Phi) is 4.88. The maximum atomic E-state index is 12.8. The van der Waals surface area contributed by atoms with Crippen LogP contribution in [0.3, 0.4) is 0 Å². The second-order valence-electron chi connectivity index (χ2n) is 6.94. The summed E-state index contributed by atoms with van der Waals surface area (Å²) in [4.78, 5) is 16.0. The minimum absolute atomic E-state index is 0.298. The first kappa shape index (κ1) is 16.1. The van der Waals surface area contributed by atoms with Gasteiger partial charge in [0.05, 0.1) is 5.75 Å². The first-order valence-corrected chi connectivity index (χ1v) is 10.1. The number of nitrogens with zero attached hydrogens (tertiary/aromatic N) is 1. The Balaban J connectivity index is 1.37. The molecule has 2 fully saturated rings. The molecule has 3 aliphatic rings. The Bertz CT molecular complexity index is 604. The van der Waals surface area contributed by atoms with Crippen LogP contribution in [0.5, 0.6) is 11.5 Å². The number of hydrogen-bond donors (Lipinski definition) is 0. The monoisotopic (exact) mass is 347 g/mol. The highest BCUT2D eigenvalue weighted by Gasteiger charge is 2.35. The Morgan fingerprint density at radius 2 is 1.88 bits per heavy atom. The number of rotatable bonds is 3. The lowest BCUT2D eigenvalue weighted by molar-refractivity contribution is -0.134. The van der Waals surface area contributed by atoms with Crippen molar-refractivity contribution in [2.75, 3.05) is 25.5 Å². The molecule has 1 aliphatic carbocycles. The zero-order chi connectivity index (χ0) is 16.4. The van der Waals surface area contributed by atoms with E-state index in [4.69, 9.17) is 9.47 Å². The van der Waals surface area contributed by atoms with Crippen LogP contribution in [0.15, 0.2) is 23.1 Å². The molecule has 0 spiro atoms. The summed E-state index contributed by atoms with van der Waals surface area (Å²) in [7, 11) is 0. The number of carbonyl (C=O) groups excluding carboxylic acids is 1. The lowest BCUT2D eigenvalue weighted by atomic mass is 9.78. The fourth-order valence-corrected chi connectivity index (χ4v) is 5.09. The average molecular weight is 347 g/mol. The van der Waals surface area contributed by atoms with Gasteiger partial charge in [0, 0.05) is 17.5 Å². The fourth-order valence-electron chi connectivity index (χ4n) is 4.28. The third-order valence-electron chi connectivity index (χ3n) is 5.44. The van der Waals surface area contributed by atoms with Crippen molar-refractivity contribution in [3.05, 3.63) is 18.2 Å². The Hall–Kier alpha value is -1.36. The van der Waals surface area contributed by atoms with Crippen LogP contribution in [0.2, 0.25) is 0 Å². The Morgan fingerprint density at radius 1 is 1.08 bits per heavy atom. The molecular formula is C19H25NO3S. The highest BCUT2D eigenvalue weighted by atomic mass is 32.2. The molecule has 0 N–H and O–H groups in total. The van der Waals surface area contributed by atoms with Crippen LogP contribution in [0, 0.1) is 5.92 Å². The van der Waals surface area contributed by atoms with E-state index in [-0.39, 0.29) is 0 Å². The summed E-state index contributed by atoms with van der Waals surface area (Å²) >= 11 is 1.61. The zero-order valence-corrected chi connectivity index (χ0v) is 14.9. The van der Waals surface area contributed by atoms with Gasteiger partial charge in [0.15, 0.2) is 11.5 Å². The molecule has 4 nitrogen and oxygen atoms in total. The highest BCUT2D eigenvalue weighted by molar-refractivity contribution is 8.00. The SMILES string of the molecule is O=C(CSc1ccc2c(c1)OCCO2)N1CCC[C@H]2CCCC[C@H]21. The zero-order valence-electron chi connectivity index (χ0n) is 14.0. The van der Waals surface area contributed by atoms with Crippen LogP contribution < -0.4 is 9.47 Å². The molecule has 0 radical (unpaired) electrons.